The fourth-order valence-electron chi connectivity index (χ4n) is 7.41. The van der Waals surface area contributed by atoms with Crippen molar-refractivity contribution < 1.29 is 4.42 Å². The molecule has 2 heterocycles. The molecule has 3 heteroatoms. The standard InChI is InChI=1S/C47H30N2O/c1-2-6-31(7-3-1)33-14-19-39(20-15-33)49(40-21-16-34(17-22-40)37-12-10-32-8-4-5-9-36(32)28-37)41-23-25-42-38(29-41)13-11-35-18-24-44-43-26-27-48-30-45(43)50-47(44)46(35)42/h1-30H. The topological polar surface area (TPSA) is 29.3 Å². The van der Waals surface area contributed by atoms with Crippen LogP contribution >= 0.6 is 0 Å². The van der Waals surface area contributed by atoms with E-state index < -0.39 is 0 Å². The van der Waals surface area contributed by atoms with Gasteiger partial charge in [0.2, 0.25) is 0 Å². The molecule has 0 aliphatic heterocycles. The highest BCUT2D eigenvalue weighted by Crippen LogP contribution is 2.41. The number of benzene rings is 8. The Morgan fingerprint density at radius 1 is 0.400 bits per heavy atom. The Balaban J connectivity index is 1.11. The van der Waals surface area contributed by atoms with E-state index in [2.05, 4.69) is 174 Å². The lowest BCUT2D eigenvalue weighted by molar-refractivity contribution is 0.671. The van der Waals surface area contributed by atoms with Crippen molar-refractivity contribution in [1.29, 1.82) is 0 Å². The van der Waals surface area contributed by atoms with Crippen molar-refractivity contribution in [3.63, 3.8) is 0 Å². The van der Waals surface area contributed by atoms with Crippen LogP contribution in [0.15, 0.2) is 187 Å². The Morgan fingerprint density at radius 3 is 1.80 bits per heavy atom. The van der Waals surface area contributed by atoms with E-state index >= 15 is 0 Å². The molecule has 2 aromatic heterocycles. The first-order valence-corrected chi connectivity index (χ1v) is 16.9. The number of anilines is 3. The normalized spacial score (nSPS) is 11.6. The van der Waals surface area contributed by atoms with Gasteiger partial charge in [-0.15, -0.1) is 0 Å². The molecule has 0 unspecified atom stereocenters. The molecule has 0 bridgehead atoms. The van der Waals surface area contributed by atoms with Crippen LogP contribution < -0.4 is 4.90 Å². The Bertz CT molecular complexity index is 2850. The van der Waals surface area contributed by atoms with Crippen LogP contribution in [0.4, 0.5) is 17.1 Å². The number of rotatable bonds is 5. The molecule has 0 radical (unpaired) electrons. The van der Waals surface area contributed by atoms with Gasteiger partial charge in [-0.25, -0.2) is 0 Å². The number of hydrogen-bond donors (Lipinski definition) is 0. The predicted octanol–water partition coefficient (Wildman–Crippen LogP) is 13.2. The Labute approximate surface area is 289 Å². The van der Waals surface area contributed by atoms with Gasteiger partial charge in [0, 0.05) is 39.4 Å². The zero-order valence-corrected chi connectivity index (χ0v) is 27.1. The second kappa shape index (κ2) is 11.5. The summed E-state index contributed by atoms with van der Waals surface area (Å²) in [6.45, 7) is 0. The van der Waals surface area contributed by atoms with E-state index in [9.17, 15) is 0 Å². The Kier molecular flexibility index (Phi) is 6.49. The molecule has 3 nitrogen and oxygen atoms in total. The van der Waals surface area contributed by atoms with Gasteiger partial charge in [-0.3, -0.25) is 4.98 Å². The number of furan rings is 1. The summed E-state index contributed by atoms with van der Waals surface area (Å²) in [6.07, 6.45) is 3.63. The zero-order chi connectivity index (χ0) is 33.0. The van der Waals surface area contributed by atoms with E-state index in [0.29, 0.717) is 0 Å². The molecule has 0 aliphatic rings. The van der Waals surface area contributed by atoms with Gasteiger partial charge in [0.25, 0.3) is 0 Å². The minimum Gasteiger partial charge on any atom is -0.454 e. The van der Waals surface area contributed by atoms with E-state index in [1.165, 1.54) is 33.0 Å². The highest BCUT2D eigenvalue weighted by molar-refractivity contribution is 6.23. The molecular weight excluding hydrogens is 609 g/mol. The first-order chi connectivity index (χ1) is 24.8. The van der Waals surface area contributed by atoms with Crippen LogP contribution in [0.5, 0.6) is 0 Å². The van der Waals surface area contributed by atoms with E-state index in [4.69, 9.17) is 4.42 Å². The average molecular weight is 639 g/mol. The second-order valence-electron chi connectivity index (χ2n) is 12.8. The molecule has 50 heavy (non-hydrogen) atoms. The highest BCUT2D eigenvalue weighted by Gasteiger charge is 2.17. The van der Waals surface area contributed by atoms with Crippen LogP contribution in [0.1, 0.15) is 0 Å². The highest BCUT2D eigenvalue weighted by atomic mass is 16.3. The van der Waals surface area contributed by atoms with Gasteiger partial charge in [-0.05, 0) is 104 Å². The van der Waals surface area contributed by atoms with E-state index in [1.807, 2.05) is 12.3 Å². The molecule has 0 saturated heterocycles. The van der Waals surface area contributed by atoms with Crippen LogP contribution in [0.25, 0.3) is 76.5 Å². The molecule has 8 aromatic carbocycles. The van der Waals surface area contributed by atoms with Gasteiger partial charge in [0.05, 0.1) is 6.20 Å². The molecule has 0 N–H and O–H groups in total. The number of fused-ring (bicyclic) bond motifs is 8. The molecule has 10 aromatic rings. The molecule has 0 spiro atoms. The van der Waals surface area contributed by atoms with Crippen LogP contribution in [-0.4, -0.2) is 4.98 Å². The van der Waals surface area contributed by atoms with Crippen molar-refractivity contribution in [3.05, 3.63) is 182 Å². The van der Waals surface area contributed by atoms with Crippen molar-refractivity contribution in [1.82, 2.24) is 4.98 Å². The molecular formula is C47H30N2O. The van der Waals surface area contributed by atoms with Crippen LogP contribution in [0.3, 0.4) is 0 Å². The fourth-order valence-corrected chi connectivity index (χ4v) is 7.41. The van der Waals surface area contributed by atoms with Gasteiger partial charge in [-0.2, -0.15) is 0 Å². The largest absolute Gasteiger partial charge is 0.454 e. The SMILES string of the molecule is c1ccc(-c2ccc(N(c3ccc(-c4ccc5ccccc5c4)cc3)c3ccc4c(ccc5ccc6c7ccncc7oc6c54)c3)cc2)cc1. The third-order valence-electron chi connectivity index (χ3n) is 9.92. The quantitative estimate of drug-likeness (QED) is 0.176. The van der Waals surface area contributed by atoms with Gasteiger partial charge >= 0.3 is 0 Å². The molecule has 0 fully saturated rings. The summed E-state index contributed by atoms with van der Waals surface area (Å²) in [4.78, 5) is 6.64. The van der Waals surface area contributed by atoms with Crippen molar-refractivity contribution in [2.45, 2.75) is 0 Å². The third-order valence-corrected chi connectivity index (χ3v) is 9.92. The summed E-state index contributed by atoms with van der Waals surface area (Å²) in [5.41, 5.74) is 9.77. The summed E-state index contributed by atoms with van der Waals surface area (Å²) in [5.74, 6) is 0. The molecule has 0 atom stereocenters. The predicted molar refractivity (Wildman–Crippen MR) is 210 cm³/mol. The minimum absolute atomic E-state index is 0.806. The van der Waals surface area contributed by atoms with Gasteiger partial charge in [-0.1, -0.05) is 115 Å². The monoisotopic (exact) mass is 638 g/mol. The van der Waals surface area contributed by atoms with Crippen LogP contribution in [0.2, 0.25) is 0 Å². The van der Waals surface area contributed by atoms with Crippen molar-refractivity contribution >= 4 is 71.3 Å². The minimum atomic E-state index is 0.806. The number of aromatic nitrogens is 1. The summed E-state index contributed by atoms with van der Waals surface area (Å²) in [5, 5.41) is 9.29. The van der Waals surface area contributed by atoms with Crippen LogP contribution in [0, 0.1) is 0 Å². The average Bonchev–Trinajstić information content (AvgIpc) is 3.57. The molecule has 0 aliphatic carbocycles. The fraction of sp³-hybridized carbons (Fsp3) is 0. The first kappa shape index (κ1) is 28.3. The summed E-state index contributed by atoms with van der Waals surface area (Å²) in [7, 11) is 0. The number of hydrogen-bond acceptors (Lipinski definition) is 3. The first-order valence-electron chi connectivity index (χ1n) is 16.9. The lowest BCUT2D eigenvalue weighted by atomic mass is 9.98. The smallest absolute Gasteiger partial charge is 0.153 e. The maximum atomic E-state index is 6.44. The molecule has 10 rings (SSSR count). The van der Waals surface area contributed by atoms with Gasteiger partial charge in [0.1, 0.15) is 5.58 Å². The molecule has 234 valence electrons. The van der Waals surface area contributed by atoms with Crippen molar-refractivity contribution in [3.8, 4) is 22.3 Å². The second-order valence-corrected chi connectivity index (χ2v) is 12.8. The summed E-state index contributed by atoms with van der Waals surface area (Å²) < 4.78 is 6.44. The van der Waals surface area contributed by atoms with Crippen LogP contribution in [-0.2, 0) is 0 Å². The van der Waals surface area contributed by atoms with E-state index in [1.54, 1.807) is 6.20 Å². The van der Waals surface area contributed by atoms with E-state index in [0.717, 1.165) is 60.5 Å². The molecule has 0 saturated carbocycles. The van der Waals surface area contributed by atoms with Crippen molar-refractivity contribution in [2.75, 3.05) is 4.90 Å². The molecule has 0 amide bonds. The third kappa shape index (κ3) is 4.71. The Hall–Kier alpha value is -6.71. The lowest BCUT2D eigenvalue weighted by Crippen LogP contribution is -2.09. The number of nitrogens with zero attached hydrogens (tertiary/aromatic N) is 2. The maximum Gasteiger partial charge on any atom is 0.153 e. The maximum absolute atomic E-state index is 6.44. The Morgan fingerprint density at radius 2 is 1.00 bits per heavy atom. The number of pyridine rings is 1. The summed E-state index contributed by atoms with van der Waals surface area (Å²) >= 11 is 0. The van der Waals surface area contributed by atoms with Gasteiger partial charge < -0.3 is 9.32 Å². The van der Waals surface area contributed by atoms with E-state index in [-0.39, 0.29) is 0 Å². The zero-order valence-electron chi connectivity index (χ0n) is 27.1. The lowest BCUT2D eigenvalue weighted by Gasteiger charge is -2.26. The van der Waals surface area contributed by atoms with Gasteiger partial charge in [0.15, 0.2) is 5.58 Å². The van der Waals surface area contributed by atoms with Crippen molar-refractivity contribution in [2.24, 2.45) is 0 Å². The summed E-state index contributed by atoms with van der Waals surface area (Å²) in [6, 6.07) is 61.1.